The van der Waals surface area contributed by atoms with E-state index in [0.717, 1.165) is 32.3 Å². The van der Waals surface area contributed by atoms with Crippen LogP contribution in [0.4, 0.5) is 0 Å². The molecule has 2 heterocycles. The standard InChI is InChI=1S/C20H10N2O4/c23-19(24)15-8-12-10-4-2-6-14-18(10)11(7-16(22-14)20(25)26)9-3-1-5-13(21-15)17(9)12/h1-8H,(H,23,24)(H,25,26). The number of carboxylic acid groups (broad SMARTS) is 2. The smallest absolute Gasteiger partial charge is 0.354 e. The van der Waals surface area contributed by atoms with E-state index in [9.17, 15) is 19.8 Å². The summed E-state index contributed by atoms with van der Waals surface area (Å²) in [5.41, 5.74) is 1.07. The van der Waals surface area contributed by atoms with E-state index in [-0.39, 0.29) is 11.4 Å². The molecule has 0 unspecified atom stereocenters. The predicted molar refractivity (Wildman–Crippen MR) is 97.2 cm³/mol. The van der Waals surface area contributed by atoms with Gasteiger partial charge in [-0.1, -0.05) is 24.3 Å². The van der Waals surface area contributed by atoms with Crippen molar-refractivity contribution in [2.75, 3.05) is 0 Å². The van der Waals surface area contributed by atoms with Gasteiger partial charge in [-0.05, 0) is 45.8 Å². The Morgan fingerprint density at radius 2 is 1.08 bits per heavy atom. The predicted octanol–water partition coefficient (Wildman–Crippen LogP) is 3.92. The van der Waals surface area contributed by atoms with Gasteiger partial charge < -0.3 is 10.2 Å². The average molecular weight is 342 g/mol. The lowest BCUT2D eigenvalue weighted by molar-refractivity contribution is 0.0680. The number of carbonyl (C=O) groups is 2. The van der Waals surface area contributed by atoms with Gasteiger partial charge in [-0.3, -0.25) is 0 Å². The van der Waals surface area contributed by atoms with E-state index in [0.29, 0.717) is 11.0 Å². The summed E-state index contributed by atoms with van der Waals surface area (Å²) < 4.78 is 0. The highest BCUT2D eigenvalue weighted by Gasteiger charge is 2.18. The summed E-state index contributed by atoms with van der Waals surface area (Å²) in [7, 11) is 0. The molecule has 0 aliphatic heterocycles. The largest absolute Gasteiger partial charge is 0.477 e. The molecule has 3 aromatic carbocycles. The van der Waals surface area contributed by atoms with Crippen LogP contribution in [0.2, 0.25) is 0 Å². The van der Waals surface area contributed by atoms with Crippen LogP contribution in [0.1, 0.15) is 21.0 Å². The lowest BCUT2D eigenvalue weighted by Gasteiger charge is -2.14. The topological polar surface area (TPSA) is 100 Å². The minimum absolute atomic E-state index is 0.0276. The van der Waals surface area contributed by atoms with Crippen molar-refractivity contribution in [2.45, 2.75) is 0 Å². The second-order valence-electron chi connectivity index (χ2n) is 6.12. The molecule has 5 aromatic rings. The van der Waals surface area contributed by atoms with Crippen LogP contribution in [-0.2, 0) is 0 Å². The SMILES string of the molecule is O=C(O)c1cc2c3cccc4nc(C(=O)O)cc(c5cccc(n1)c52)c43. The fourth-order valence-corrected chi connectivity index (χ4v) is 3.67. The van der Waals surface area contributed by atoms with E-state index >= 15 is 0 Å². The van der Waals surface area contributed by atoms with Gasteiger partial charge in [0, 0.05) is 10.8 Å². The number of aromatic carboxylic acids is 2. The van der Waals surface area contributed by atoms with Gasteiger partial charge >= 0.3 is 11.9 Å². The van der Waals surface area contributed by atoms with Crippen molar-refractivity contribution >= 4 is 55.3 Å². The number of rotatable bonds is 2. The molecule has 0 aliphatic rings. The first-order valence-electron chi connectivity index (χ1n) is 7.89. The van der Waals surface area contributed by atoms with Gasteiger partial charge in [0.05, 0.1) is 11.0 Å². The summed E-state index contributed by atoms with van der Waals surface area (Å²) >= 11 is 0. The first-order chi connectivity index (χ1) is 12.5. The Labute approximate surface area is 145 Å². The van der Waals surface area contributed by atoms with Gasteiger partial charge in [0.15, 0.2) is 0 Å². The Hall–Kier alpha value is -3.80. The molecule has 0 atom stereocenters. The van der Waals surface area contributed by atoms with Gasteiger partial charge in [-0.2, -0.15) is 0 Å². The summed E-state index contributed by atoms with van der Waals surface area (Å²) in [6.07, 6.45) is 0. The molecule has 0 fully saturated rings. The van der Waals surface area contributed by atoms with Crippen LogP contribution in [0.15, 0.2) is 48.5 Å². The lowest BCUT2D eigenvalue weighted by Crippen LogP contribution is -2.03. The van der Waals surface area contributed by atoms with E-state index < -0.39 is 11.9 Å². The molecule has 26 heavy (non-hydrogen) atoms. The molecule has 0 amide bonds. The molecule has 0 aliphatic carbocycles. The molecule has 0 radical (unpaired) electrons. The van der Waals surface area contributed by atoms with Crippen LogP contribution < -0.4 is 0 Å². The highest BCUT2D eigenvalue weighted by atomic mass is 16.4. The van der Waals surface area contributed by atoms with Crippen molar-refractivity contribution in [1.29, 1.82) is 0 Å². The molecule has 0 saturated carbocycles. The number of hydrogen-bond acceptors (Lipinski definition) is 4. The molecule has 124 valence electrons. The highest BCUT2D eigenvalue weighted by molar-refractivity contribution is 6.32. The minimum Gasteiger partial charge on any atom is -0.477 e. The maximum absolute atomic E-state index is 11.5. The number of nitrogens with zero attached hydrogens (tertiary/aromatic N) is 2. The maximum atomic E-state index is 11.5. The quantitative estimate of drug-likeness (QED) is 0.372. The fourth-order valence-electron chi connectivity index (χ4n) is 3.67. The van der Waals surface area contributed by atoms with E-state index in [4.69, 9.17) is 0 Å². The zero-order valence-corrected chi connectivity index (χ0v) is 13.2. The van der Waals surface area contributed by atoms with Crippen molar-refractivity contribution in [3.05, 3.63) is 59.9 Å². The Morgan fingerprint density at radius 1 is 0.654 bits per heavy atom. The molecule has 0 bridgehead atoms. The second kappa shape index (κ2) is 4.86. The van der Waals surface area contributed by atoms with Crippen molar-refractivity contribution in [2.24, 2.45) is 0 Å². The number of fused-ring (bicyclic) bond motifs is 2. The molecular weight excluding hydrogens is 332 g/mol. The third-order valence-corrected chi connectivity index (χ3v) is 4.69. The second-order valence-corrected chi connectivity index (χ2v) is 6.12. The van der Waals surface area contributed by atoms with Crippen LogP contribution in [0.25, 0.3) is 43.4 Å². The number of pyridine rings is 2. The van der Waals surface area contributed by atoms with Crippen molar-refractivity contribution in [3.8, 4) is 0 Å². The van der Waals surface area contributed by atoms with Crippen LogP contribution in [-0.4, -0.2) is 32.1 Å². The Kier molecular flexibility index (Phi) is 2.72. The Bertz CT molecular complexity index is 1280. The third kappa shape index (κ3) is 1.81. The zero-order valence-electron chi connectivity index (χ0n) is 13.2. The molecule has 0 saturated heterocycles. The molecule has 0 spiro atoms. The number of aromatic nitrogens is 2. The van der Waals surface area contributed by atoms with Gasteiger partial charge in [0.2, 0.25) is 0 Å². The normalized spacial score (nSPS) is 11.7. The fraction of sp³-hybridized carbons (Fsp3) is 0. The van der Waals surface area contributed by atoms with Crippen LogP contribution >= 0.6 is 0 Å². The maximum Gasteiger partial charge on any atom is 0.354 e. The monoisotopic (exact) mass is 342 g/mol. The summed E-state index contributed by atoms with van der Waals surface area (Å²) in [6.45, 7) is 0. The number of benzene rings is 3. The molecule has 6 heteroatoms. The minimum atomic E-state index is -1.09. The van der Waals surface area contributed by atoms with E-state index in [1.807, 2.05) is 12.1 Å². The average Bonchev–Trinajstić information content (AvgIpc) is 2.64. The van der Waals surface area contributed by atoms with E-state index in [1.54, 1.807) is 36.4 Å². The highest BCUT2D eigenvalue weighted by Crippen LogP contribution is 2.39. The van der Waals surface area contributed by atoms with Gasteiger partial charge in [-0.25, -0.2) is 19.6 Å². The third-order valence-electron chi connectivity index (χ3n) is 4.69. The summed E-state index contributed by atoms with van der Waals surface area (Å²) in [4.78, 5) is 31.4. The van der Waals surface area contributed by atoms with Crippen molar-refractivity contribution < 1.29 is 19.8 Å². The van der Waals surface area contributed by atoms with Gasteiger partial charge in [0.1, 0.15) is 11.4 Å². The number of hydrogen-bond donors (Lipinski definition) is 2. The summed E-state index contributed by atoms with van der Waals surface area (Å²) in [5.74, 6) is -2.18. The zero-order chi connectivity index (χ0) is 18.0. The van der Waals surface area contributed by atoms with Gasteiger partial charge in [-0.15, -0.1) is 0 Å². The van der Waals surface area contributed by atoms with Crippen LogP contribution in [0, 0.1) is 0 Å². The lowest BCUT2D eigenvalue weighted by atomic mass is 9.92. The summed E-state index contributed by atoms with van der Waals surface area (Å²) in [5, 5.41) is 23.6. The van der Waals surface area contributed by atoms with E-state index in [1.165, 1.54) is 0 Å². The molecule has 5 rings (SSSR count). The summed E-state index contributed by atoms with van der Waals surface area (Å²) in [6, 6.07) is 14.0. The molecule has 6 nitrogen and oxygen atoms in total. The van der Waals surface area contributed by atoms with Crippen LogP contribution in [0.5, 0.6) is 0 Å². The van der Waals surface area contributed by atoms with Crippen molar-refractivity contribution in [1.82, 2.24) is 9.97 Å². The molecular formula is C20H10N2O4. The van der Waals surface area contributed by atoms with Crippen LogP contribution in [0.3, 0.4) is 0 Å². The first kappa shape index (κ1) is 14.5. The molecule has 2 N–H and O–H groups in total. The van der Waals surface area contributed by atoms with E-state index in [2.05, 4.69) is 9.97 Å². The molecule has 2 aromatic heterocycles. The van der Waals surface area contributed by atoms with Gasteiger partial charge in [0.25, 0.3) is 0 Å². The Balaban J connectivity index is 2.15. The number of carboxylic acids is 2. The van der Waals surface area contributed by atoms with Crippen molar-refractivity contribution in [3.63, 3.8) is 0 Å². The Morgan fingerprint density at radius 3 is 1.46 bits per heavy atom. The first-order valence-corrected chi connectivity index (χ1v) is 7.89.